The average molecular weight is 1020 g/mol. The molecule has 0 amide bonds. The van der Waals surface area contributed by atoms with Crippen molar-refractivity contribution in [2.75, 3.05) is 40.0 Å². The predicted octanol–water partition coefficient (Wildman–Crippen LogP) is 3.72. The number of nitrogen functional groups attached to an aromatic ring is 1. The van der Waals surface area contributed by atoms with Crippen molar-refractivity contribution in [1.29, 1.82) is 0 Å². The molecule has 3 aliphatic rings. The number of methoxy groups -OCH3 is 1. The number of esters is 1. The van der Waals surface area contributed by atoms with E-state index in [0.29, 0.717) is 32.5 Å². The molecule has 7 N–H and O–H groups in total. The molecule has 0 spiro atoms. The first-order valence-electron chi connectivity index (χ1n) is 25.5. The molecule has 20 heteroatoms. The van der Waals surface area contributed by atoms with E-state index in [4.69, 9.17) is 29.4 Å². The largest absolute Gasteiger partial charge is 0.459 e. The van der Waals surface area contributed by atoms with Crippen molar-refractivity contribution in [3.63, 3.8) is 0 Å². The first-order valence-corrected chi connectivity index (χ1v) is 26.3. The van der Waals surface area contributed by atoms with Crippen LogP contribution in [0.1, 0.15) is 106 Å². The van der Waals surface area contributed by atoms with E-state index >= 15 is 0 Å². The second-order valence-electron chi connectivity index (χ2n) is 21.9. The third-order valence-electron chi connectivity index (χ3n) is 16.0. The number of ether oxygens (including phenoxy) is 5. The highest BCUT2D eigenvalue weighted by Crippen LogP contribution is 2.45. The zero-order valence-corrected chi connectivity index (χ0v) is 45.0. The smallest absolute Gasteiger partial charge is 0.309 e. The van der Waals surface area contributed by atoms with Gasteiger partial charge in [-0.3, -0.25) is 9.48 Å². The topological polar surface area (TPSA) is 253 Å². The van der Waals surface area contributed by atoms with Gasteiger partial charge in [-0.15, -0.1) is 5.10 Å². The van der Waals surface area contributed by atoms with Crippen LogP contribution >= 0.6 is 11.5 Å². The lowest BCUT2D eigenvalue weighted by Gasteiger charge is -2.51. The van der Waals surface area contributed by atoms with Gasteiger partial charge in [0.2, 0.25) is 5.95 Å². The van der Waals surface area contributed by atoms with E-state index in [1.807, 2.05) is 76.6 Å². The van der Waals surface area contributed by atoms with Gasteiger partial charge < -0.3 is 64.8 Å². The van der Waals surface area contributed by atoms with E-state index in [0.717, 1.165) is 28.2 Å². The molecule has 0 bridgehead atoms. The number of hydrogen-bond acceptors (Lipinski definition) is 19. The van der Waals surface area contributed by atoms with Crippen molar-refractivity contribution in [1.82, 2.24) is 34.2 Å². The summed E-state index contributed by atoms with van der Waals surface area (Å²) < 4.78 is 38.1. The standard InChI is InChI=1S/C51H84N8O11S/c1-14-39-51(10,65)42(61)32(6)58(12)26-28(2)24-49(8,64)44(30(4)40(31(5)46(63)69-39)38-25-50(9,66-13)43(62)33(7)68-38)70-47-41(60)37(23-29(3)67-47)57(11)21-20-36-27-59(56-54-36)22-19-34-15-17-35(18-16-34)45-53-48(52)55-71-45/h15-18,27-33,37-44,47,60-62,64-65H,14,19-26H2,1-13H3,(H2,52,55)/t28-,29-,30+,31-,32-,33+,37+,38?,39-,40+,41-,42-,43+,44-,47+,49-,50-,51-/m1/s1. The number of aliphatic hydroxyl groups excluding tert-OH is 3. The lowest BCUT2D eigenvalue weighted by Crippen LogP contribution is -2.62. The van der Waals surface area contributed by atoms with Gasteiger partial charge in [0.05, 0.1) is 47.2 Å². The number of aryl methyl sites for hydroxylation is 2. The van der Waals surface area contributed by atoms with Crippen LogP contribution in [0.5, 0.6) is 0 Å². The highest BCUT2D eigenvalue weighted by Gasteiger charge is 2.55. The molecule has 3 aromatic rings. The van der Waals surface area contributed by atoms with E-state index in [1.54, 1.807) is 27.7 Å². The second kappa shape index (κ2) is 23.5. The molecule has 71 heavy (non-hydrogen) atoms. The summed E-state index contributed by atoms with van der Waals surface area (Å²) in [6.45, 7) is 19.6. The van der Waals surface area contributed by atoms with Gasteiger partial charge in [0, 0.05) is 69.3 Å². The summed E-state index contributed by atoms with van der Waals surface area (Å²) >= 11 is 1.27. The van der Waals surface area contributed by atoms with Gasteiger partial charge in [0.1, 0.15) is 35.0 Å². The summed E-state index contributed by atoms with van der Waals surface area (Å²) in [4.78, 5) is 22.9. The van der Waals surface area contributed by atoms with Crippen LogP contribution in [0.2, 0.25) is 0 Å². The van der Waals surface area contributed by atoms with Gasteiger partial charge >= 0.3 is 5.97 Å². The monoisotopic (exact) mass is 1020 g/mol. The predicted molar refractivity (Wildman–Crippen MR) is 269 cm³/mol. The molecule has 1 aromatic carbocycles. The third kappa shape index (κ3) is 13.2. The van der Waals surface area contributed by atoms with Crippen LogP contribution < -0.4 is 5.73 Å². The number of rotatable bonds is 13. The fraction of sp³-hybridized carbons (Fsp3) is 0.784. The van der Waals surface area contributed by atoms with E-state index in [-0.39, 0.29) is 37.2 Å². The third-order valence-corrected chi connectivity index (χ3v) is 16.8. The summed E-state index contributed by atoms with van der Waals surface area (Å²) in [5, 5.41) is 69.7. The van der Waals surface area contributed by atoms with Gasteiger partial charge in [-0.25, -0.2) is 0 Å². The number of likely N-dealkylation sites (N-methyl/N-ethyl adjacent to an activating group) is 2. The molecule has 0 radical (unpaired) electrons. The molecule has 18 atom stereocenters. The Balaban J connectivity index is 1.24. The lowest BCUT2D eigenvalue weighted by molar-refractivity contribution is -0.302. The molecule has 5 heterocycles. The Labute approximate surface area is 424 Å². The number of hydrogen-bond donors (Lipinski definition) is 6. The van der Waals surface area contributed by atoms with Crippen LogP contribution in [0.25, 0.3) is 10.6 Å². The minimum Gasteiger partial charge on any atom is -0.459 e. The Morgan fingerprint density at radius 1 is 0.986 bits per heavy atom. The second-order valence-corrected chi connectivity index (χ2v) is 22.6. The fourth-order valence-corrected chi connectivity index (χ4v) is 12.2. The lowest BCUT2D eigenvalue weighted by atomic mass is 9.68. The number of nitrogens with two attached hydrogens (primary N) is 1. The van der Waals surface area contributed by atoms with Crippen LogP contribution in [0.15, 0.2) is 30.5 Å². The summed E-state index contributed by atoms with van der Waals surface area (Å²) in [6, 6.07) is 7.21. The summed E-state index contributed by atoms with van der Waals surface area (Å²) in [5.41, 5.74) is 4.19. The van der Waals surface area contributed by atoms with E-state index < -0.39 is 102 Å². The van der Waals surface area contributed by atoms with E-state index in [9.17, 15) is 30.3 Å². The summed E-state index contributed by atoms with van der Waals surface area (Å²) in [5.74, 6) is -2.84. The molecule has 400 valence electrons. The van der Waals surface area contributed by atoms with Crippen molar-refractivity contribution in [3.05, 3.63) is 41.7 Å². The van der Waals surface area contributed by atoms with Crippen LogP contribution in [0, 0.1) is 23.7 Å². The molecule has 0 saturated carbocycles. The summed E-state index contributed by atoms with van der Waals surface area (Å²) in [6.07, 6.45) is -3.98. The van der Waals surface area contributed by atoms with Crippen LogP contribution in [-0.2, 0) is 47.9 Å². The zero-order chi connectivity index (χ0) is 52.3. The normalized spacial score (nSPS) is 39.5. The Bertz CT molecular complexity index is 2160. The molecule has 3 aliphatic heterocycles. The number of aromatic nitrogens is 5. The van der Waals surface area contributed by atoms with Gasteiger partial charge in [0.25, 0.3) is 0 Å². The highest BCUT2D eigenvalue weighted by molar-refractivity contribution is 7.09. The first-order chi connectivity index (χ1) is 33.3. The van der Waals surface area contributed by atoms with Crippen molar-refractivity contribution < 1.29 is 54.0 Å². The SMILES string of the molecule is CC[C@H]1OC(=O)[C@H](C)[C@@H](C2C[C@@](C)(OC)[C@@H](O)[C@H](C)O2)[C@H](C)[C@@H](O[C@@H]2O[C@H](C)C[C@H](N(C)CCc3cn(CCc4ccc(-c5nc(N)ns5)cc4)nn3)[C@H]2O)[C@](C)(O)C[C@@H](C)CN(C)[C@H](C)[C@@H](O)[C@]1(C)O. The van der Waals surface area contributed by atoms with Crippen molar-refractivity contribution in [2.45, 2.75) is 198 Å². The highest BCUT2D eigenvalue weighted by atomic mass is 32.1. The number of benzene rings is 1. The van der Waals surface area contributed by atoms with Gasteiger partial charge in [0.15, 0.2) is 6.29 Å². The number of aliphatic hydroxyl groups is 5. The number of carbonyl (C=O) groups is 1. The Kier molecular flexibility index (Phi) is 18.9. The van der Waals surface area contributed by atoms with E-state index in [2.05, 4.69) is 36.7 Å². The van der Waals surface area contributed by atoms with Crippen molar-refractivity contribution in [2.24, 2.45) is 23.7 Å². The summed E-state index contributed by atoms with van der Waals surface area (Å²) in [7, 11) is 5.35. The minimum atomic E-state index is -1.81. The Morgan fingerprint density at radius 3 is 2.31 bits per heavy atom. The maximum atomic E-state index is 14.6. The molecular formula is C51H84N8O11S. The fourth-order valence-electron chi connectivity index (χ4n) is 11.6. The molecular weight excluding hydrogens is 933 g/mol. The quantitative estimate of drug-likeness (QED) is 0.133. The van der Waals surface area contributed by atoms with Gasteiger partial charge in [-0.05, 0) is 110 Å². The first kappa shape index (κ1) is 57.0. The van der Waals surface area contributed by atoms with Gasteiger partial charge in [-0.1, -0.05) is 57.2 Å². The minimum absolute atomic E-state index is 0.167. The molecule has 19 nitrogen and oxygen atoms in total. The number of anilines is 1. The maximum Gasteiger partial charge on any atom is 0.309 e. The molecule has 6 rings (SSSR count). The van der Waals surface area contributed by atoms with Crippen LogP contribution in [0.4, 0.5) is 5.95 Å². The maximum absolute atomic E-state index is 14.6. The molecule has 1 unspecified atom stereocenters. The van der Waals surface area contributed by atoms with Crippen molar-refractivity contribution in [3.8, 4) is 10.6 Å². The average Bonchev–Trinajstić information content (AvgIpc) is 3.98. The number of nitrogens with zero attached hydrogens (tertiary/aromatic N) is 7. The molecule has 0 aliphatic carbocycles. The molecule has 3 saturated heterocycles. The molecule has 2 aromatic heterocycles. The number of cyclic esters (lactones) is 1. The Hall–Kier alpha value is -3.25. The zero-order valence-electron chi connectivity index (χ0n) is 44.2. The van der Waals surface area contributed by atoms with Gasteiger partial charge in [-0.2, -0.15) is 9.36 Å². The van der Waals surface area contributed by atoms with E-state index in [1.165, 1.54) is 25.6 Å². The molecule has 3 fully saturated rings. The Morgan fingerprint density at radius 2 is 1.68 bits per heavy atom. The number of carbonyl (C=O) groups excluding carboxylic acids is 1. The van der Waals surface area contributed by atoms with Crippen molar-refractivity contribution >= 4 is 23.5 Å². The van der Waals surface area contributed by atoms with Crippen LogP contribution in [-0.4, -0.2) is 184 Å². The van der Waals surface area contributed by atoms with Crippen LogP contribution in [0.3, 0.4) is 0 Å².